The van der Waals surface area contributed by atoms with E-state index in [1.54, 1.807) is 0 Å². The molecule has 15 heavy (non-hydrogen) atoms. The molecule has 2 rings (SSSR count). The van der Waals surface area contributed by atoms with Crippen LogP contribution in [0.15, 0.2) is 4.99 Å². The molecule has 84 valence electrons. The number of aliphatic imine (C=N–C) groups is 1. The van der Waals surface area contributed by atoms with Crippen LogP contribution in [0.1, 0.15) is 39.5 Å². The van der Waals surface area contributed by atoms with Crippen molar-refractivity contribution in [3.63, 3.8) is 0 Å². The second-order valence-corrected chi connectivity index (χ2v) is 4.67. The van der Waals surface area contributed by atoms with Crippen molar-refractivity contribution in [3.05, 3.63) is 0 Å². The second-order valence-electron chi connectivity index (χ2n) is 4.67. The predicted molar refractivity (Wildman–Crippen MR) is 59.7 cm³/mol. The number of nitrogens with zero attached hydrogens (tertiary/aromatic N) is 2. The minimum atomic E-state index is -0.122. The van der Waals surface area contributed by atoms with Crippen molar-refractivity contribution in [2.75, 3.05) is 0 Å². The first kappa shape index (κ1) is 10.5. The van der Waals surface area contributed by atoms with Gasteiger partial charge < -0.3 is 10.6 Å². The van der Waals surface area contributed by atoms with Gasteiger partial charge in [-0.3, -0.25) is 0 Å². The van der Waals surface area contributed by atoms with Crippen molar-refractivity contribution < 1.29 is 4.79 Å². The van der Waals surface area contributed by atoms with E-state index in [2.05, 4.69) is 18.8 Å². The quantitative estimate of drug-likeness (QED) is 0.766. The van der Waals surface area contributed by atoms with Crippen molar-refractivity contribution in [2.45, 2.75) is 51.6 Å². The Morgan fingerprint density at radius 1 is 1.60 bits per heavy atom. The fraction of sp³-hybridized carbons (Fsp3) is 0.818. The Hall–Kier alpha value is -1.06. The number of hydrogen-bond donors (Lipinski definition) is 1. The van der Waals surface area contributed by atoms with E-state index in [1.165, 1.54) is 0 Å². The zero-order valence-corrected chi connectivity index (χ0v) is 9.44. The molecule has 1 aliphatic carbocycles. The number of carbonyl (C=O) groups is 1. The Morgan fingerprint density at radius 3 is 2.80 bits per heavy atom. The number of nitrogens with two attached hydrogens (primary N) is 1. The largest absolute Gasteiger partial charge is 0.385 e. The van der Waals surface area contributed by atoms with Gasteiger partial charge in [0.2, 0.25) is 0 Å². The van der Waals surface area contributed by atoms with E-state index in [9.17, 15) is 4.79 Å². The van der Waals surface area contributed by atoms with Crippen LogP contribution in [-0.2, 0) is 0 Å². The van der Waals surface area contributed by atoms with Crippen molar-refractivity contribution in [1.29, 1.82) is 0 Å². The average molecular weight is 209 g/mol. The van der Waals surface area contributed by atoms with E-state index < -0.39 is 0 Å². The monoisotopic (exact) mass is 209 g/mol. The summed E-state index contributed by atoms with van der Waals surface area (Å²) in [5.74, 6) is 0.943. The lowest BCUT2D eigenvalue weighted by atomic mass is 9.95. The molecule has 4 nitrogen and oxygen atoms in total. The lowest BCUT2D eigenvalue weighted by molar-refractivity contribution is 0.186. The smallest absolute Gasteiger partial charge is 0.346 e. The van der Waals surface area contributed by atoms with Crippen LogP contribution in [0.2, 0.25) is 0 Å². The van der Waals surface area contributed by atoms with Crippen LogP contribution >= 0.6 is 0 Å². The standard InChI is InChI=1S/C11H19N3O/c1-3-4-7(2)9-10(12)13-11(15)14(9)8-5-6-8/h7-9H,3-6H2,1-2H3,(H2,12,13,15). The highest BCUT2D eigenvalue weighted by atomic mass is 16.2. The van der Waals surface area contributed by atoms with E-state index >= 15 is 0 Å². The van der Waals surface area contributed by atoms with Crippen LogP contribution in [0.3, 0.4) is 0 Å². The molecule has 2 amide bonds. The molecule has 0 aromatic carbocycles. The van der Waals surface area contributed by atoms with Crippen molar-refractivity contribution in [3.8, 4) is 0 Å². The maximum atomic E-state index is 11.6. The van der Waals surface area contributed by atoms with E-state index in [0.717, 1.165) is 25.7 Å². The van der Waals surface area contributed by atoms with Gasteiger partial charge in [0.25, 0.3) is 0 Å². The first-order valence-corrected chi connectivity index (χ1v) is 5.81. The van der Waals surface area contributed by atoms with Gasteiger partial charge in [-0.05, 0) is 25.2 Å². The molecule has 1 fully saturated rings. The molecule has 0 radical (unpaired) electrons. The molecule has 0 saturated heterocycles. The van der Waals surface area contributed by atoms with Gasteiger partial charge in [0.05, 0.1) is 6.04 Å². The van der Waals surface area contributed by atoms with Crippen molar-refractivity contribution in [2.24, 2.45) is 16.6 Å². The number of amides is 2. The summed E-state index contributed by atoms with van der Waals surface area (Å²) in [5, 5.41) is 0. The Balaban J connectivity index is 2.12. The predicted octanol–water partition coefficient (Wildman–Crippen LogP) is 1.75. The lowest BCUT2D eigenvalue weighted by Crippen LogP contribution is -2.45. The van der Waals surface area contributed by atoms with Gasteiger partial charge in [-0.25, -0.2) is 4.79 Å². The normalized spacial score (nSPS) is 28.1. The van der Waals surface area contributed by atoms with Gasteiger partial charge in [-0.2, -0.15) is 4.99 Å². The van der Waals surface area contributed by atoms with Gasteiger partial charge >= 0.3 is 6.03 Å². The fourth-order valence-corrected chi connectivity index (χ4v) is 2.41. The first-order chi connectivity index (χ1) is 7.15. The number of amidine groups is 1. The molecule has 1 saturated carbocycles. The number of hydrogen-bond acceptors (Lipinski definition) is 2. The molecule has 1 aliphatic heterocycles. The van der Waals surface area contributed by atoms with Crippen molar-refractivity contribution in [1.82, 2.24) is 4.90 Å². The summed E-state index contributed by atoms with van der Waals surface area (Å²) in [6, 6.07) is 0.347. The number of carbonyl (C=O) groups excluding carboxylic acids is 1. The average Bonchev–Trinajstić information content (AvgIpc) is 2.93. The zero-order valence-electron chi connectivity index (χ0n) is 9.44. The first-order valence-electron chi connectivity index (χ1n) is 5.81. The van der Waals surface area contributed by atoms with Crippen LogP contribution in [0.4, 0.5) is 4.79 Å². The summed E-state index contributed by atoms with van der Waals surface area (Å²) in [4.78, 5) is 17.4. The summed E-state index contributed by atoms with van der Waals surface area (Å²) in [6.07, 6.45) is 4.45. The van der Waals surface area contributed by atoms with Gasteiger partial charge in [-0.1, -0.05) is 20.3 Å². The molecule has 0 bridgehead atoms. The van der Waals surface area contributed by atoms with E-state index in [0.29, 0.717) is 17.8 Å². The molecule has 2 N–H and O–H groups in total. The highest BCUT2D eigenvalue weighted by Gasteiger charge is 2.44. The van der Waals surface area contributed by atoms with E-state index in [1.807, 2.05) is 4.90 Å². The Kier molecular flexibility index (Phi) is 2.67. The third kappa shape index (κ3) is 1.85. The Labute approximate surface area is 90.5 Å². The molecule has 0 spiro atoms. The second kappa shape index (κ2) is 3.83. The summed E-state index contributed by atoms with van der Waals surface area (Å²) in [6.45, 7) is 4.31. The number of rotatable bonds is 4. The summed E-state index contributed by atoms with van der Waals surface area (Å²) < 4.78 is 0. The van der Waals surface area contributed by atoms with Crippen LogP contribution in [0.5, 0.6) is 0 Å². The molecule has 0 aromatic rings. The third-order valence-electron chi connectivity index (χ3n) is 3.27. The minimum Gasteiger partial charge on any atom is -0.385 e. The molecule has 2 aliphatic rings. The Bertz CT molecular complexity index is 296. The maximum absolute atomic E-state index is 11.6. The van der Waals surface area contributed by atoms with Gasteiger partial charge in [0.15, 0.2) is 0 Å². The maximum Gasteiger partial charge on any atom is 0.346 e. The van der Waals surface area contributed by atoms with E-state index in [4.69, 9.17) is 5.73 Å². The zero-order chi connectivity index (χ0) is 11.0. The topological polar surface area (TPSA) is 58.7 Å². The third-order valence-corrected chi connectivity index (χ3v) is 3.27. The highest BCUT2D eigenvalue weighted by molar-refractivity contribution is 6.03. The van der Waals surface area contributed by atoms with Crippen LogP contribution in [0.25, 0.3) is 0 Å². The Morgan fingerprint density at radius 2 is 2.27 bits per heavy atom. The van der Waals surface area contributed by atoms with Crippen LogP contribution in [-0.4, -0.2) is 28.9 Å². The molecular weight excluding hydrogens is 190 g/mol. The van der Waals surface area contributed by atoms with Crippen LogP contribution in [0, 0.1) is 5.92 Å². The summed E-state index contributed by atoms with van der Waals surface area (Å²) in [7, 11) is 0. The molecule has 2 unspecified atom stereocenters. The molecule has 4 heteroatoms. The fourth-order valence-electron chi connectivity index (χ4n) is 2.41. The van der Waals surface area contributed by atoms with Gasteiger partial charge in [0.1, 0.15) is 5.84 Å². The summed E-state index contributed by atoms with van der Waals surface area (Å²) in [5.41, 5.74) is 5.84. The SMILES string of the molecule is CCCC(C)C1C(N)=NC(=O)N1C1CC1. The van der Waals surface area contributed by atoms with Crippen LogP contribution < -0.4 is 5.73 Å². The van der Waals surface area contributed by atoms with Gasteiger partial charge in [-0.15, -0.1) is 0 Å². The lowest BCUT2D eigenvalue weighted by Gasteiger charge is -2.28. The number of urea groups is 1. The van der Waals surface area contributed by atoms with E-state index in [-0.39, 0.29) is 12.1 Å². The molecule has 1 heterocycles. The van der Waals surface area contributed by atoms with Gasteiger partial charge in [0, 0.05) is 6.04 Å². The molecule has 0 aromatic heterocycles. The summed E-state index contributed by atoms with van der Waals surface area (Å²) >= 11 is 0. The minimum absolute atomic E-state index is 0.0601. The molecular formula is C11H19N3O. The highest BCUT2D eigenvalue weighted by Crippen LogP contribution is 2.34. The van der Waals surface area contributed by atoms with Crippen molar-refractivity contribution >= 4 is 11.9 Å². The molecule has 2 atom stereocenters.